The van der Waals surface area contributed by atoms with Gasteiger partial charge in [-0.1, -0.05) is 60.7 Å². The van der Waals surface area contributed by atoms with Crippen molar-refractivity contribution in [3.05, 3.63) is 71.8 Å². The van der Waals surface area contributed by atoms with E-state index in [0.717, 1.165) is 11.1 Å². The molecule has 0 spiro atoms. The first-order chi connectivity index (χ1) is 14.4. The number of nitrogens with one attached hydrogen (secondary N) is 1. The van der Waals surface area contributed by atoms with E-state index in [1.165, 1.54) is 0 Å². The number of amides is 3. The monoisotopic (exact) mass is 411 g/mol. The maximum Gasteiger partial charge on any atom is 0.521 e. The van der Waals surface area contributed by atoms with Crippen LogP contribution in [-0.4, -0.2) is 46.3 Å². The van der Waals surface area contributed by atoms with Crippen LogP contribution in [0, 0.1) is 0 Å². The van der Waals surface area contributed by atoms with Gasteiger partial charge in [0.05, 0.1) is 6.54 Å². The highest BCUT2D eigenvalue weighted by molar-refractivity contribution is 5.87. The summed E-state index contributed by atoms with van der Waals surface area (Å²) in [5, 5.41) is 12.5. The highest BCUT2D eigenvalue weighted by Crippen LogP contribution is 2.29. The molecule has 2 N–H and O–H groups in total. The average molecular weight is 411 g/mol. The topological polar surface area (TPSA) is 92.7 Å². The highest BCUT2D eigenvalue weighted by Gasteiger charge is 2.55. The molecular weight excluding hydrogens is 384 g/mol. The first-order valence-electron chi connectivity index (χ1n) is 10.1. The zero-order valence-electron chi connectivity index (χ0n) is 17.0. The Morgan fingerprint density at radius 1 is 1.07 bits per heavy atom. The predicted molar refractivity (Wildman–Crippen MR) is 111 cm³/mol. The van der Waals surface area contributed by atoms with Gasteiger partial charge in [-0.3, -0.25) is 0 Å². The van der Waals surface area contributed by atoms with Crippen LogP contribution in [0.15, 0.2) is 60.7 Å². The standard InChI is InChI=1S/C23H26N2O5/c1-17-9-8-14-25(17,23(28)29)21(26)20(15-18-10-4-2-5-11-18)24-22(27)30-16-19-12-6-3-7-13-19/h2-7,10-13,17,20H,8-9,14-16H2,1H3,(H-,24,27,28,29)/p+1/t17-,20-,25?/m1/s1. The van der Waals surface area contributed by atoms with Gasteiger partial charge < -0.3 is 15.2 Å². The second-order valence-electron chi connectivity index (χ2n) is 7.65. The van der Waals surface area contributed by atoms with Crippen molar-refractivity contribution in [3.63, 3.8) is 0 Å². The Bertz CT molecular complexity index is 887. The molecule has 30 heavy (non-hydrogen) atoms. The van der Waals surface area contributed by atoms with Crippen LogP contribution in [0.5, 0.6) is 0 Å². The van der Waals surface area contributed by atoms with E-state index in [1.807, 2.05) is 60.7 Å². The molecule has 1 aliphatic rings. The summed E-state index contributed by atoms with van der Waals surface area (Å²) in [6.45, 7) is 2.06. The van der Waals surface area contributed by atoms with Gasteiger partial charge in [-0.05, 0) is 18.1 Å². The molecule has 1 aliphatic heterocycles. The second kappa shape index (κ2) is 9.54. The number of ether oxygens (including phenoxy) is 1. The SMILES string of the molecule is C[C@@H]1CCC[N+]1(C(=O)O)C(=O)[C@@H](Cc1ccccc1)NC(=O)OCc1ccccc1. The van der Waals surface area contributed by atoms with Crippen molar-refractivity contribution >= 4 is 18.1 Å². The van der Waals surface area contributed by atoms with Crippen LogP contribution in [0.1, 0.15) is 30.9 Å². The fourth-order valence-electron chi connectivity index (χ4n) is 4.02. The normalized spacial score (nSPS) is 21.6. The number of carbonyl (C=O) groups is 3. The molecule has 1 heterocycles. The van der Waals surface area contributed by atoms with Crippen LogP contribution in [0.4, 0.5) is 9.59 Å². The van der Waals surface area contributed by atoms with Gasteiger partial charge >= 0.3 is 18.1 Å². The number of alkyl carbamates (subject to hydrolysis) is 1. The van der Waals surface area contributed by atoms with E-state index in [4.69, 9.17) is 4.74 Å². The minimum Gasteiger partial charge on any atom is -0.445 e. The van der Waals surface area contributed by atoms with Gasteiger partial charge in [0.25, 0.3) is 0 Å². The van der Waals surface area contributed by atoms with Crippen molar-refractivity contribution in [2.24, 2.45) is 0 Å². The third-order valence-corrected chi connectivity index (χ3v) is 5.71. The molecule has 2 aromatic rings. The molecule has 1 saturated heterocycles. The Morgan fingerprint density at radius 3 is 2.20 bits per heavy atom. The van der Waals surface area contributed by atoms with Gasteiger partial charge in [0.15, 0.2) is 6.04 Å². The number of nitrogens with zero attached hydrogens (tertiary/aromatic N) is 1. The van der Waals surface area contributed by atoms with Crippen LogP contribution in [0.2, 0.25) is 0 Å². The maximum atomic E-state index is 13.5. The molecule has 0 saturated carbocycles. The lowest BCUT2D eigenvalue weighted by molar-refractivity contribution is -0.793. The molecule has 1 fully saturated rings. The number of carboxylic acid groups (broad SMARTS) is 1. The summed E-state index contributed by atoms with van der Waals surface area (Å²) in [6, 6.07) is 17.1. The fourth-order valence-corrected chi connectivity index (χ4v) is 4.02. The van der Waals surface area contributed by atoms with Crippen LogP contribution in [0.3, 0.4) is 0 Å². The van der Waals surface area contributed by atoms with E-state index in [-0.39, 0.29) is 25.6 Å². The molecule has 0 radical (unpaired) electrons. The van der Waals surface area contributed by atoms with Crippen LogP contribution >= 0.6 is 0 Å². The predicted octanol–water partition coefficient (Wildman–Crippen LogP) is 3.73. The number of carbonyl (C=O) groups excluding carboxylic acids is 2. The summed E-state index contributed by atoms with van der Waals surface area (Å²) in [5.41, 5.74) is 1.65. The Balaban J connectivity index is 1.78. The molecule has 1 unspecified atom stereocenters. The Morgan fingerprint density at radius 2 is 1.67 bits per heavy atom. The molecule has 0 aromatic heterocycles. The van der Waals surface area contributed by atoms with Crippen molar-refractivity contribution in [2.45, 2.75) is 44.9 Å². The van der Waals surface area contributed by atoms with E-state index in [1.54, 1.807) is 6.92 Å². The van der Waals surface area contributed by atoms with E-state index in [0.29, 0.717) is 12.8 Å². The van der Waals surface area contributed by atoms with Crippen molar-refractivity contribution < 1.29 is 28.7 Å². The molecular formula is C23H27N2O5+. The second-order valence-corrected chi connectivity index (χ2v) is 7.65. The third kappa shape index (κ3) is 4.68. The summed E-state index contributed by atoms with van der Waals surface area (Å²) >= 11 is 0. The van der Waals surface area contributed by atoms with Crippen LogP contribution < -0.4 is 5.32 Å². The fraction of sp³-hybridized carbons (Fsp3) is 0.348. The van der Waals surface area contributed by atoms with Gasteiger partial charge in [0, 0.05) is 19.3 Å². The number of quaternary nitrogens is 1. The van der Waals surface area contributed by atoms with Crippen molar-refractivity contribution in [3.8, 4) is 0 Å². The van der Waals surface area contributed by atoms with Crippen molar-refractivity contribution in [2.75, 3.05) is 6.54 Å². The largest absolute Gasteiger partial charge is 0.521 e. The molecule has 3 rings (SSSR count). The zero-order valence-corrected chi connectivity index (χ0v) is 17.0. The molecule has 0 aliphatic carbocycles. The summed E-state index contributed by atoms with van der Waals surface area (Å²) in [5.74, 6) is -0.520. The summed E-state index contributed by atoms with van der Waals surface area (Å²) in [6.07, 6.45) is -0.435. The molecule has 7 heteroatoms. The number of benzene rings is 2. The lowest BCUT2D eigenvalue weighted by Gasteiger charge is -2.32. The average Bonchev–Trinajstić information content (AvgIpc) is 3.15. The lowest BCUT2D eigenvalue weighted by atomic mass is 10.0. The number of hydrogen-bond donors (Lipinski definition) is 2. The summed E-state index contributed by atoms with van der Waals surface area (Å²) in [7, 11) is 0. The van der Waals surface area contributed by atoms with Gasteiger partial charge in [-0.15, -0.1) is 0 Å². The molecule has 2 aromatic carbocycles. The van der Waals surface area contributed by atoms with Gasteiger partial charge in [0.2, 0.25) is 0 Å². The van der Waals surface area contributed by atoms with Gasteiger partial charge in [0.1, 0.15) is 12.6 Å². The molecule has 0 bridgehead atoms. The van der Waals surface area contributed by atoms with E-state index in [2.05, 4.69) is 5.32 Å². The van der Waals surface area contributed by atoms with E-state index < -0.39 is 28.6 Å². The third-order valence-electron chi connectivity index (χ3n) is 5.71. The minimum atomic E-state index is -1.18. The van der Waals surface area contributed by atoms with Gasteiger partial charge in [-0.25, -0.2) is 9.59 Å². The number of likely N-dealkylation sites (tertiary alicyclic amines) is 1. The first-order valence-corrected chi connectivity index (χ1v) is 10.1. The van der Waals surface area contributed by atoms with Crippen LogP contribution in [-0.2, 0) is 22.6 Å². The van der Waals surface area contributed by atoms with E-state index in [9.17, 15) is 19.5 Å². The zero-order chi connectivity index (χ0) is 21.6. The molecule has 3 atom stereocenters. The molecule has 3 amide bonds. The number of imide groups is 1. The van der Waals surface area contributed by atoms with E-state index >= 15 is 0 Å². The van der Waals surface area contributed by atoms with Crippen molar-refractivity contribution in [1.82, 2.24) is 5.32 Å². The number of rotatable bonds is 6. The van der Waals surface area contributed by atoms with Crippen LogP contribution in [0.25, 0.3) is 0 Å². The number of hydrogen-bond acceptors (Lipinski definition) is 4. The molecule has 7 nitrogen and oxygen atoms in total. The summed E-state index contributed by atoms with van der Waals surface area (Å²) < 4.78 is 4.60. The highest BCUT2D eigenvalue weighted by atomic mass is 16.5. The Kier molecular flexibility index (Phi) is 6.84. The lowest BCUT2D eigenvalue weighted by Crippen LogP contribution is -2.64. The smallest absolute Gasteiger partial charge is 0.445 e. The minimum absolute atomic E-state index is 0.0637. The van der Waals surface area contributed by atoms with Crippen molar-refractivity contribution in [1.29, 1.82) is 0 Å². The summed E-state index contributed by atoms with van der Waals surface area (Å²) in [4.78, 5) is 38.0. The Hall–Kier alpha value is -3.19. The Labute approximate surface area is 175 Å². The maximum absolute atomic E-state index is 13.5. The quantitative estimate of drug-likeness (QED) is 0.707. The molecule has 158 valence electrons. The first kappa shape index (κ1) is 21.5. The van der Waals surface area contributed by atoms with Gasteiger partial charge in [-0.2, -0.15) is 9.28 Å².